The Morgan fingerprint density at radius 3 is 3.06 bits per heavy atom. The minimum Gasteiger partial charge on any atom is -0.373 e. The molecule has 1 unspecified atom stereocenters. The van der Waals surface area contributed by atoms with Gasteiger partial charge in [0.25, 0.3) is 0 Å². The maximum Gasteiger partial charge on any atom is 0.134 e. The predicted octanol–water partition coefficient (Wildman–Crippen LogP) is 1.39. The first-order chi connectivity index (χ1) is 8.72. The fourth-order valence-corrected chi connectivity index (χ4v) is 2.59. The number of aromatic nitrogens is 2. The van der Waals surface area contributed by atoms with Crippen molar-refractivity contribution in [1.82, 2.24) is 9.97 Å². The molecule has 0 aromatic carbocycles. The van der Waals surface area contributed by atoms with E-state index in [9.17, 15) is 0 Å². The molecule has 5 nitrogen and oxygen atoms in total. The van der Waals surface area contributed by atoms with Crippen molar-refractivity contribution in [3.8, 4) is 0 Å². The number of nitrogens with two attached hydrogens (primary N) is 1. The lowest BCUT2D eigenvalue weighted by molar-refractivity contribution is 0.394. The molecule has 0 saturated carbocycles. The molecule has 2 rings (SSSR count). The second kappa shape index (κ2) is 6.00. The standard InChI is InChI=1S/C13H23N5/c1-10-16-12(15-2)8-13(17-10)18-7-3-4-11(9-18)5-6-14/h8,11H,3-7,9,14H2,1-2H3,(H,15,16,17). The molecule has 1 saturated heterocycles. The third kappa shape index (κ3) is 3.10. The minimum absolute atomic E-state index is 0.706. The van der Waals surface area contributed by atoms with Crippen molar-refractivity contribution >= 4 is 11.6 Å². The molecule has 3 N–H and O–H groups in total. The average molecular weight is 249 g/mol. The number of hydrogen-bond donors (Lipinski definition) is 2. The third-order valence-corrected chi connectivity index (χ3v) is 3.50. The van der Waals surface area contributed by atoms with Crippen LogP contribution in [-0.4, -0.2) is 36.6 Å². The van der Waals surface area contributed by atoms with E-state index in [1.807, 2.05) is 20.0 Å². The van der Waals surface area contributed by atoms with Gasteiger partial charge in [-0.15, -0.1) is 0 Å². The number of aryl methyl sites for hydroxylation is 1. The molecule has 1 aromatic rings. The van der Waals surface area contributed by atoms with Gasteiger partial charge in [-0.2, -0.15) is 0 Å². The van der Waals surface area contributed by atoms with Crippen molar-refractivity contribution in [3.05, 3.63) is 11.9 Å². The monoisotopic (exact) mass is 249 g/mol. The normalized spacial score (nSPS) is 19.9. The molecule has 1 aliphatic rings. The summed E-state index contributed by atoms with van der Waals surface area (Å²) in [7, 11) is 1.89. The van der Waals surface area contributed by atoms with E-state index in [2.05, 4.69) is 20.2 Å². The molecule has 1 fully saturated rings. The first-order valence-electron chi connectivity index (χ1n) is 6.71. The molecule has 1 aliphatic heterocycles. The number of nitrogens with one attached hydrogen (secondary N) is 1. The highest BCUT2D eigenvalue weighted by atomic mass is 15.2. The van der Waals surface area contributed by atoms with Crippen LogP contribution in [0.25, 0.3) is 0 Å². The molecule has 1 atom stereocenters. The molecule has 1 aromatic heterocycles. The summed E-state index contributed by atoms with van der Waals surface area (Å²) in [4.78, 5) is 11.2. The van der Waals surface area contributed by atoms with Crippen molar-refractivity contribution in [2.24, 2.45) is 11.7 Å². The summed E-state index contributed by atoms with van der Waals surface area (Å²) in [5.41, 5.74) is 5.66. The van der Waals surface area contributed by atoms with E-state index >= 15 is 0 Å². The lowest BCUT2D eigenvalue weighted by Gasteiger charge is -2.33. The van der Waals surface area contributed by atoms with Gasteiger partial charge in [-0.05, 0) is 38.6 Å². The van der Waals surface area contributed by atoms with Crippen molar-refractivity contribution < 1.29 is 0 Å². The van der Waals surface area contributed by atoms with Gasteiger partial charge in [-0.1, -0.05) is 0 Å². The van der Waals surface area contributed by atoms with Gasteiger partial charge in [-0.3, -0.25) is 0 Å². The maximum atomic E-state index is 5.66. The minimum atomic E-state index is 0.706. The highest BCUT2D eigenvalue weighted by molar-refractivity contribution is 5.49. The fourth-order valence-electron chi connectivity index (χ4n) is 2.59. The van der Waals surface area contributed by atoms with Crippen LogP contribution in [-0.2, 0) is 0 Å². The fraction of sp³-hybridized carbons (Fsp3) is 0.692. The van der Waals surface area contributed by atoms with Crippen LogP contribution in [0.3, 0.4) is 0 Å². The maximum absolute atomic E-state index is 5.66. The van der Waals surface area contributed by atoms with Crippen molar-refractivity contribution in [1.29, 1.82) is 0 Å². The Bertz CT molecular complexity index is 391. The van der Waals surface area contributed by atoms with E-state index in [0.717, 1.165) is 43.5 Å². The first-order valence-corrected chi connectivity index (χ1v) is 6.71. The summed E-state index contributed by atoms with van der Waals surface area (Å²) >= 11 is 0. The number of piperidine rings is 1. The molecule has 0 bridgehead atoms. The Morgan fingerprint density at radius 1 is 1.50 bits per heavy atom. The van der Waals surface area contributed by atoms with Crippen LogP contribution in [0.2, 0.25) is 0 Å². The van der Waals surface area contributed by atoms with E-state index in [1.165, 1.54) is 12.8 Å². The Balaban J connectivity index is 2.12. The molecular weight excluding hydrogens is 226 g/mol. The van der Waals surface area contributed by atoms with Crippen LogP contribution < -0.4 is 16.0 Å². The first kappa shape index (κ1) is 13.1. The van der Waals surface area contributed by atoms with Gasteiger partial charge in [0.2, 0.25) is 0 Å². The van der Waals surface area contributed by atoms with Crippen molar-refractivity contribution in [2.75, 3.05) is 36.9 Å². The lowest BCUT2D eigenvalue weighted by atomic mass is 9.95. The van der Waals surface area contributed by atoms with E-state index in [-0.39, 0.29) is 0 Å². The number of nitrogens with zero attached hydrogens (tertiary/aromatic N) is 3. The second-order valence-electron chi connectivity index (χ2n) is 4.94. The Morgan fingerprint density at radius 2 is 2.33 bits per heavy atom. The second-order valence-corrected chi connectivity index (χ2v) is 4.94. The molecule has 18 heavy (non-hydrogen) atoms. The van der Waals surface area contributed by atoms with Gasteiger partial charge >= 0.3 is 0 Å². The molecule has 0 radical (unpaired) electrons. The third-order valence-electron chi connectivity index (χ3n) is 3.50. The number of rotatable bonds is 4. The van der Waals surface area contributed by atoms with E-state index in [1.54, 1.807) is 0 Å². The van der Waals surface area contributed by atoms with Gasteiger partial charge in [0.1, 0.15) is 17.5 Å². The molecule has 0 amide bonds. The van der Waals surface area contributed by atoms with Crippen LogP contribution in [0.4, 0.5) is 11.6 Å². The molecule has 0 spiro atoms. The summed E-state index contributed by atoms with van der Waals surface area (Å²) in [6.07, 6.45) is 3.62. The lowest BCUT2D eigenvalue weighted by Crippen LogP contribution is -2.36. The van der Waals surface area contributed by atoms with E-state index in [0.29, 0.717) is 5.92 Å². The molecule has 5 heteroatoms. The summed E-state index contributed by atoms with van der Waals surface area (Å²) in [5, 5.41) is 3.09. The zero-order chi connectivity index (χ0) is 13.0. The SMILES string of the molecule is CNc1cc(N2CCCC(CCN)C2)nc(C)n1. The topological polar surface area (TPSA) is 67.1 Å². The summed E-state index contributed by atoms with van der Waals surface area (Å²) in [6, 6.07) is 2.03. The van der Waals surface area contributed by atoms with Gasteiger partial charge in [0.15, 0.2) is 0 Å². The van der Waals surface area contributed by atoms with Crippen LogP contribution in [0.15, 0.2) is 6.07 Å². The average Bonchev–Trinajstić information content (AvgIpc) is 2.39. The zero-order valence-corrected chi connectivity index (χ0v) is 11.3. The largest absolute Gasteiger partial charge is 0.373 e. The van der Waals surface area contributed by atoms with Crippen LogP contribution in [0.1, 0.15) is 25.1 Å². The van der Waals surface area contributed by atoms with Crippen LogP contribution in [0, 0.1) is 12.8 Å². The predicted molar refractivity (Wildman–Crippen MR) is 74.9 cm³/mol. The summed E-state index contributed by atoms with van der Waals surface area (Å²) in [5.74, 6) is 3.45. The molecular formula is C13H23N5. The Kier molecular flexibility index (Phi) is 4.36. The van der Waals surface area contributed by atoms with Crippen molar-refractivity contribution in [2.45, 2.75) is 26.2 Å². The number of anilines is 2. The zero-order valence-electron chi connectivity index (χ0n) is 11.3. The summed E-state index contributed by atoms with van der Waals surface area (Å²) in [6.45, 7) is 4.87. The van der Waals surface area contributed by atoms with E-state index < -0.39 is 0 Å². The molecule has 100 valence electrons. The van der Waals surface area contributed by atoms with Gasteiger partial charge in [-0.25, -0.2) is 9.97 Å². The van der Waals surface area contributed by atoms with Gasteiger partial charge < -0.3 is 16.0 Å². The Hall–Kier alpha value is -1.36. The van der Waals surface area contributed by atoms with E-state index in [4.69, 9.17) is 5.73 Å². The van der Waals surface area contributed by atoms with Gasteiger partial charge in [0, 0.05) is 26.2 Å². The highest BCUT2D eigenvalue weighted by Crippen LogP contribution is 2.24. The van der Waals surface area contributed by atoms with Crippen molar-refractivity contribution in [3.63, 3.8) is 0 Å². The van der Waals surface area contributed by atoms with Crippen LogP contribution >= 0.6 is 0 Å². The van der Waals surface area contributed by atoms with Crippen LogP contribution in [0.5, 0.6) is 0 Å². The smallest absolute Gasteiger partial charge is 0.134 e. The summed E-state index contributed by atoms with van der Waals surface area (Å²) < 4.78 is 0. The number of hydrogen-bond acceptors (Lipinski definition) is 5. The highest BCUT2D eigenvalue weighted by Gasteiger charge is 2.20. The quantitative estimate of drug-likeness (QED) is 0.844. The molecule has 2 heterocycles. The molecule has 0 aliphatic carbocycles. The Labute approximate surface area is 109 Å². The van der Waals surface area contributed by atoms with Gasteiger partial charge in [0.05, 0.1) is 0 Å².